The van der Waals surface area contributed by atoms with Crippen LogP contribution in [0.2, 0.25) is 0 Å². The summed E-state index contributed by atoms with van der Waals surface area (Å²) in [6, 6.07) is 83.3. The van der Waals surface area contributed by atoms with Crippen molar-refractivity contribution in [3.8, 4) is 33.4 Å². The van der Waals surface area contributed by atoms with Gasteiger partial charge in [-0.2, -0.15) is 0 Å². The molecule has 0 saturated carbocycles. The summed E-state index contributed by atoms with van der Waals surface area (Å²) in [6.07, 6.45) is 0. The lowest BCUT2D eigenvalue weighted by Gasteiger charge is -2.18. The molecule has 0 atom stereocenters. The number of aromatic nitrogens is 1. The molecule has 13 rings (SSSR count). The standard InChI is InChI=1S/C60H37N/c1-2-16-39-35-43(32-31-38(39)15-1)59-51-26-9-7-24-49(51)58(50-25-8-10-27-52(50)59)42-18-13-17-40(36-42)41-33-34-57-55(37-41)54-29-14-28-53-47-22-6-4-20-45(47)44-19-3-5-21-46(44)48-23-11-12-30-56(48)61(57)60(53)54/h1-37H. The number of hydrogen-bond acceptors (Lipinski definition) is 0. The van der Waals surface area contributed by atoms with Gasteiger partial charge in [-0.1, -0.05) is 194 Å². The topological polar surface area (TPSA) is 4.41 Å². The predicted molar refractivity (Wildman–Crippen MR) is 263 cm³/mol. The fraction of sp³-hybridized carbons (Fsp3) is 0. The zero-order chi connectivity index (χ0) is 40.0. The molecule has 0 unspecified atom stereocenters. The van der Waals surface area contributed by atoms with Gasteiger partial charge in [-0.15, -0.1) is 0 Å². The fourth-order valence-electron chi connectivity index (χ4n) is 10.5. The first kappa shape index (κ1) is 33.9. The van der Waals surface area contributed by atoms with Gasteiger partial charge >= 0.3 is 0 Å². The molecule has 13 aromatic rings. The molecule has 11 aromatic carbocycles. The predicted octanol–water partition coefficient (Wildman–Crippen LogP) is 16.7. The van der Waals surface area contributed by atoms with Crippen molar-refractivity contribution in [3.05, 3.63) is 224 Å². The second-order valence-electron chi connectivity index (χ2n) is 16.4. The van der Waals surface area contributed by atoms with Gasteiger partial charge in [0.1, 0.15) is 0 Å². The summed E-state index contributed by atoms with van der Waals surface area (Å²) in [6.45, 7) is 0. The number of benzene rings is 11. The molecule has 0 aliphatic rings. The van der Waals surface area contributed by atoms with E-state index in [1.165, 1.54) is 125 Å². The van der Waals surface area contributed by atoms with Crippen LogP contribution in [0, 0.1) is 0 Å². The average Bonchev–Trinajstić information content (AvgIpc) is 3.68. The van der Waals surface area contributed by atoms with E-state index in [1.807, 2.05) is 0 Å². The molecule has 0 radical (unpaired) electrons. The molecule has 2 aromatic heterocycles. The maximum absolute atomic E-state index is 2.52. The van der Waals surface area contributed by atoms with Gasteiger partial charge in [0.15, 0.2) is 0 Å². The van der Waals surface area contributed by atoms with Crippen LogP contribution in [0.3, 0.4) is 0 Å². The van der Waals surface area contributed by atoms with Gasteiger partial charge < -0.3 is 4.40 Å². The minimum atomic E-state index is 1.19. The number of fused-ring (bicyclic) bond motifs is 13. The van der Waals surface area contributed by atoms with Gasteiger partial charge in [-0.25, -0.2) is 0 Å². The fourth-order valence-corrected chi connectivity index (χ4v) is 10.5. The molecular formula is C60H37N. The maximum atomic E-state index is 2.52. The van der Waals surface area contributed by atoms with Gasteiger partial charge in [0.05, 0.1) is 16.6 Å². The summed E-state index contributed by atoms with van der Waals surface area (Å²) in [4.78, 5) is 0. The van der Waals surface area contributed by atoms with Crippen LogP contribution in [0.5, 0.6) is 0 Å². The normalized spacial score (nSPS) is 11.9. The Morgan fingerprint density at radius 1 is 0.213 bits per heavy atom. The lowest BCUT2D eigenvalue weighted by atomic mass is 9.85. The Morgan fingerprint density at radius 3 is 1.28 bits per heavy atom. The molecular weight excluding hydrogens is 735 g/mol. The third-order valence-corrected chi connectivity index (χ3v) is 13.1. The Bertz CT molecular complexity index is 3940. The van der Waals surface area contributed by atoms with Crippen LogP contribution < -0.4 is 0 Å². The van der Waals surface area contributed by atoms with Crippen molar-refractivity contribution in [2.24, 2.45) is 0 Å². The summed E-state index contributed by atoms with van der Waals surface area (Å²) in [5.74, 6) is 0. The third kappa shape index (κ3) is 5.08. The summed E-state index contributed by atoms with van der Waals surface area (Å²) in [7, 11) is 0. The minimum absolute atomic E-state index is 1.19. The Morgan fingerprint density at radius 2 is 0.623 bits per heavy atom. The van der Waals surface area contributed by atoms with Crippen molar-refractivity contribution >= 4 is 92.0 Å². The molecule has 0 bridgehead atoms. The Balaban J connectivity index is 1.06. The molecule has 0 aliphatic heterocycles. The second kappa shape index (κ2) is 13.3. The highest BCUT2D eigenvalue weighted by molar-refractivity contribution is 6.26. The lowest BCUT2D eigenvalue weighted by Crippen LogP contribution is -1.91. The summed E-state index contributed by atoms with van der Waals surface area (Å²) in [5.41, 5.74) is 11.0. The number of hydrogen-bond donors (Lipinski definition) is 0. The van der Waals surface area contributed by atoms with E-state index in [2.05, 4.69) is 229 Å². The molecule has 0 fully saturated rings. The van der Waals surface area contributed by atoms with E-state index in [0.717, 1.165) is 0 Å². The SMILES string of the molecule is c1cc(-c2ccc3c(c2)c2cccc4c5ccccc5c5ccccc5c5ccccc5n3c42)cc(-c2c3ccccc3c(-c3ccc4ccccc4c3)c3ccccc23)c1. The first-order valence-corrected chi connectivity index (χ1v) is 21.2. The average molecular weight is 772 g/mol. The lowest BCUT2D eigenvalue weighted by molar-refractivity contribution is 1.35. The highest BCUT2D eigenvalue weighted by atomic mass is 14.9. The Labute approximate surface area is 352 Å². The number of rotatable bonds is 3. The molecule has 282 valence electrons. The van der Waals surface area contributed by atoms with Crippen LogP contribution in [0.4, 0.5) is 0 Å². The molecule has 2 heterocycles. The van der Waals surface area contributed by atoms with Crippen LogP contribution in [-0.2, 0) is 0 Å². The van der Waals surface area contributed by atoms with Gasteiger partial charge in [-0.05, 0) is 118 Å². The van der Waals surface area contributed by atoms with Gasteiger partial charge in [0.2, 0.25) is 0 Å². The van der Waals surface area contributed by atoms with E-state index in [1.54, 1.807) is 0 Å². The molecule has 1 nitrogen and oxygen atoms in total. The van der Waals surface area contributed by atoms with E-state index in [-0.39, 0.29) is 0 Å². The van der Waals surface area contributed by atoms with Crippen LogP contribution in [0.15, 0.2) is 224 Å². The highest BCUT2D eigenvalue weighted by Gasteiger charge is 2.19. The number of nitrogens with zero attached hydrogens (tertiary/aromatic N) is 1. The molecule has 0 saturated heterocycles. The third-order valence-electron chi connectivity index (χ3n) is 13.1. The van der Waals surface area contributed by atoms with Crippen molar-refractivity contribution in [1.82, 2.24) is 4.40 Å². The first-order chi connectivity index (χ1) is 30.3. The van der Waals surface area contributed by atoms with Crippen molar-refractivity contribution in [2.75, 3.05) is 0 Å². The molecule has 61 heavy (non-hydrogen) atoms. The van der Waals surface area contributed by atoms with Crippen LogP contribution in [-0.4, -0.2) is 4.40 Å². The van der Waals surface area contributed by atoms with Crippen molar-refractivity contribution in [1.29, 1.82) is 0 Å². The van der Waals surface area contributed by atoms with Crippen molar-refractivity contribution in [3.63, 3.8) is 0 Å². The summed E-state index contributed by atoms with van der Waals surface area (Å²) >= 11 is 0. The first-order valence-electron chi connectivity index (χ1n) is 21.2. The molecule has 0 N–H and O–H groups in total. The zero-order valence-electron chi connectivity index (χ0n) is 33.3. The van der Waals surface area contributed by atoms with E-state index < -0.39 is 0 Å². The second-order valence-corrected chi connectivity index (χ2v) is 16.4. The quantitative estimate of drug-likeness (QED) is 0.158. The number of para-hydroxylation sites is 2. The zero-order valence-corrected chi connectivity index (χ0v) is 33.3. The maximum Gasteiger partial charge on any atom is 0.0619 e. The Hall–Kier alpha value is -8.00. The van der Waals surface area contributed by atoms with Crippen LogP contribution >= 0.6 is 0 Å². The van der Waals surface area contributed by atoms with Crippen molar-refractivity contribution in [2.45, 2.75) is 0 Å². The highest BCUT2D eigenvalue weighted by Crippen LogP contribution is 2.45. The van der Waals surface area contributed by atoms with E-state index in [4.69, 9.17) is 0 Å². The minimum Gasteiger partial charge on any atom is -0.308 e. The smallest absolute Gasteiger partial charge is 0.0619 e. The van der Waals surface area contributed by atoms with E-state index >= 15 is 0 Å². The van der Waals surface area contributed by atoms with Crippen LogP contribution in [0.25, 0.3) is 125 Å². The Kier molecular flexibility index (Phi) is 7.37. The molecule has 0 spiro atoms. The van der Waals surface area contributed by atoms with E-state index in [0.29, 0.717) is 0 Å². The largest absolute Gasteiger partial charge is 0.308 e. The monoisotopic (exact) mass is 771 g/mol. The summed E-state index contributed by atoms with van der Waals surface area (Å²) < 4.78 is 2.52. The van der Waals surface area contributed by atoms with E-state index in [9.17, 15) is 0 Å². The molecule has 1 heteroatoms. The van der Waals surface area contributed by atoms with Gasteiger partial charge in [-0.3, -0.25) is 0 Å². The summed E-state index contributed by atoms with van der Waals surface area (Å²) in [5, 5.41) is 17.5. The van der Waals surface area contributed by atoms with Crippen molar-refractivity contribution < 1.29 is 0 Å². The van der Waals surface area contributed by atoms with Gasteiger partial charge in [0, 0.05) is 21.5 Å². The molecule has 0 aliphatic carbocycles. The molecule has 0 amide bonds. The van der Waals surface area contributed by atoms with Gasteiger partial charge in [0.25, 0.3) is 0 Å². The van der Waals surface area contributed by atoms with Crippen LogP contribution in [0.1, 0.15) is 0 Å².